The van der Waals surface area contributed by atoms with Crippen molar-refractivity contribution in [2.45, 2.75) is 56.8 Å². The third-order valence-electron chi connectivity index (χ3n) is 6.03. The largest absolute Gasteiger partial charge is 0.508 e. The molecule has 0 unspecified atom stereocenters. The summed E-state index contributed by atoms with van der Waals surface area (Å²) >= 11 is 0. The summed E-state index contributed by atoms with van der Waals surface area (Å²) in [7, 11) is 0. The number of hydrogen-bond acceptors (Lipinski definition) is 4. The van der Waals surface area contributed by atoms with Gasteiger partial charge in [0.05, 0.1) is 0 Å². The molecule has 0 spiro atoms. The molecule has 1 aromatic rings. The van der Waals surface area contributed by atoms with Gasteiger partial charge in [-0.3, -0.25) is 9.59 Å². The van der Waals surface area contributed by atoms with Gasteiger partial charge in [-0.2, -0.15) is 0 Å². The number of phenolic OH excluding ortho intramolecular Hbond substituents is 1. The summed E-state index contributed by atoms with van der Waals surface area (Å²) in [6.07, 6.45) is 6.25. The van der Waals surface area contributed by atoms with E-state index in [0.717, 1.165) is 56.4 Å². The van der Waals surface area contributed by atoms with E-state index in [1.807, 2.05) is 6.07 Å². The monoisotopic (exact) mass is 342 g/mol. The number of aromatic hydroxyl groups is 1. The number of carbonyl (C=O) groups excluding carboxylic acids is 2. The Hall–Kier alpha value is -1.68. The van der Waals surface area contributed by atoms with Crippen molar-refractivity contribution in [1.29, 1.82) is 0 Å². The van der Waals surface area contributed by atoms with Crippen LogP contribution in [0.2, 0.25) is 0 Å². The summed E-state index contributed by atoms with van der Waals surface area (Å²) in [5.41, 5.74) is 1.86. The van der Waals surface area contributed by atoms with Crippen LogP contribution < -0.4 is 0 Å². The van der Waals surface area contributed by atoms with Crippen molar-refractivity contribution in [2.75, 3.05) is 13.2 Å². The van der Waals surface area contributed by atoms with Gasteiger partial charge in [-0.1, -0.05) is 6.07 Å². The second kappa shape index (κ2) is 6.91. The maximum atomic E-state index is 12.8. The molecule has 1 aromatic carbocycles. The third-order valence-corrected chi connectivity index (χ3v) is 6.03. The molecule has 134 valence electrons. The molecule has 0 aromatic heterocycles. The average Bonchev–Trinajstić information content (AvgIpc) is 3.40. The lowest BCUT2D eigenvalue weighted by Gasteiger charge is -2.31. The first kappa shape index (κ1) is 16.8. The fraction of sp³-hybridized carbons (Fsp3) is 0.619. The van der Waals surface area contributed by atoms with Crippen LogP contribution in [0, 0.1) is 11.8 Å². The van der Waals surface area contributed by atoms with Crippen LogP contribution in [0.5, 0.6) is 5.75 Å². The van der Waals surface area contributed by atoms with Crippen LogP contribution in [0.4, 0.5) is 0 Å². The molecule has 4 rings (SSSR count). The lowest BCUT2D eigenvalue weighted by atomic mass is 9.72. The van der Waals surface area contributed by atoms with Gasteiger partial charge in [-0.15, -0.1) is 0 Å². The molecule has 1 aliphatic heterocycles. The molecule has 4 nitrogen and oxygen atoms in total. The highest BCUT2D eigenvalue weighted by atomic mass is 16.5. The second-order valence-electron chi connectivity index (χ2n) is 8.02. The first-order chi connectivity index (χ1) is 12.1. The Morgan fingerprint density at radius 1 is 0.920 bits per heavy atom. The van der Waals surface area contributed by atoms with Crippen molar-refractivity contribution in [3.8, 4) is 5.75 Å². The SMILES string of the molecule is O=C1CC(CC2CCOCC2)CC(=O)C1c1cc(O)ccc1C1CC1. The van der Waals surface area contributed by atoms with E-state index < -0.39 is 5.92 Å². The quantitative estimate of drug-likeness (QED) is 0.847. The van der Waals surface area contributed by atoms with Crippen molar-refractivity contribution in [3.63, 3.8) is 0 Å². The molecular formula is C21H26O4. The van der Waals surface area contributed by atoms with E-state index in [-0.39, 0.29) is 23.2 Å². The van der Waals surface area contributed by atoms with E-state index in [4.69, 9.17) is 4.74 Å². The van der Waals surface area contributed by atoms with Crippen LogP contribution in [0.15, 0.2) is 18.2 Å². The molecule has 0 bridgehead atoms. The Morgan fingerprint density at radius 2 is 1.60 bits per heavy atom. The van der Waals surface area contributed by atoms with Crippen molar-refractivity contribution in [2.24, 2.45) is 11.8 Å². The smallest absolute Gasteiger partial charge is 0.148 e. The minimum Gasteiger partial charge on any atom is -0.508 e. The highest BCUT2D eigenvalue weighted by molar-refractivity contribution is 6.10. The van der Waals surface area contributed by atoms with Crippen LogP contribution in [-0.2, 0) is 14.3 Å². The maximum absolute atomic E-state index is 12.8. The summed E-state index contributed by atoms with van der Waals surface area (Å²) < 4.78 is 5.40. The van der Waals surface area contributed by atoms with E-state index in [2.05, 4.69) is 0 Å². The third kappa shape index (κ3) is 3.64. The highest BCUT2D eigenvalue weighted by Crippen LogP contribution is 2.46. The van der Waals surface area contributed by atoms with E-state index >= 15 is 0 Å². The lowest BCUT2D eigenvalue weighted by Crippen LogP contribution is -2.33. The maximum Gasteiger partial charge on any atom is 0.148 e. The molecule has 0 amide bonds. The zero-order chi connectivity index (χ0) is 17.4. The Balaban J connectivity index is 1.50. The van der Waals surface area contributed by atoms with Crippen LogP contribution in [-0.4, -0.2) is 29.9 Å². The number of rotatable bonds is 4. The standard InChI is InChI=1S/C21H26O4/c22-16-3-4-17(15-1-2-15)18(12-16)21-19(23)10-14(11-20(21)24)9-13-5-7-25-8-6-13/h3-4,12-15,21-22H,1-2,5-11H2. The van der Waals surface area contributed by atoms with Crippen LogP contribution in [0.3, 0.4) is 0 Å². The molecule has 3 fully saturated rings. The van der Waals surface area contributed by atoms with Crippen LogP contribution in [0.25, 0.3) is 0 Å². The zero-order valence-corrected chi connectivity index (χ0v) is 14.6. The Bertz CT molecular complexity index is 652. The number of ether oxygens (including phenoxy) is 1. The second-order valence-corrected chi connectivity index (χ2v) is 8.02. The fourth-order valence-corrected chi connectivity index (χ4v) is 4.60. The molecular weight excluding hydrogens is 316 g/mol. The molecule has 1 N–H and O–H groups in total. The summed E-state index contributed by atoms with van der Waals surface area (Å²) in [6.45, 7) is 1.60. The molecule has 1 heterocycles. The van der Waals surface area contributed by atoms with Gasteiger partial charge in [-0.05, 0) is 73.1 Å². The number of hydrogen-bond donors (Lipinski definition) is 1. The summed E-state index contributed by atoms with van der Waals surface area (Å²) in [4.78, 5) is 25.7. The van der Waals surface area contributed by atoms with E-state index in [9.17, 15) is 14.7 Å². The zero-order valence-electron chi connectivity index (χ0n) is 14.6. The number of phenols is 1. The van der Waals surface area contributed by atoms with E-state index in [1.165, 1.54) is 0 Å². The molecule has 25 heavy (non-hydrogen) atoms. The Kier molecular flexibility index (Phi) is 4.63. The van der Waals surface area contributed by atoms with Gasteiger partial charge in [0.25, 0.3) is 0 Å². The molecule has 0 radical (unpaired) electrons. The fourth-order valence-electron chi connectivity index (χ4n) is 4.60. The van der Waals surface area contributed by atoms with Crippen molar-refractivity contribution >= 4 is 11.6 Å². The highest BCUT2D eigenvalue weighted by Gasteiger charge is 2.40. The van der Waals surface area contributed by atoms with Gasteiger partial charge in [0, 0.05) is 26.1 Å². The van der Waals surface area contributed by atoms with Crippen LogP contribution in [0.1, 0.15) is 67.9 Å². The van der Waals surface area contributed by atoms with Crippen molar-refractivity contribution in [1.82, 2.24) is 0 Å². The van der Waals surface area contributed by atoms with Gasteiger partial charge >= 0.3 is 0 Å². The van der Waals surface area contributed by atoms with Crippen LogP contribution >= 0.6 is 0 Å². The van der Waals surface area contributed by atoms with Crippen molar-refractivity contribution in [3.05, 3.63) is 29.3 Å². The topological polar surface area (TPSA) is 63.6 Å². The molecule has 3 aliphatic rings. The summed E-state index contributed by atoms with van der Waals surface area (Å²) in [5, 5.41) is 9.88. The molecule has 4 heteroatoms. The molecule has 2 aliphatic carbocycles. The Morgan fingerprint density at radius 3 is 2.24 bits per heavy atom. The lowest BCUT2D eigenvalue weighted by molar-refractivity contribution is -0.134. The predicted octanol–water partition coefficient (Wildman–Crippen LogP) is 3.72. The molecule has 2 saturated carbocycles. The summed E-state index contributed by atoms with van der Waals surface area (Å²) in [5.74, 6) is 0.787. The van der Waals surface area contributed by atoms with Crippen molar-refractivity contribution < 1.29 is 19.4 Å². The molecule has 0 atom stereocenters. The van der Waals surface area contributed by atoms with Gasteiger partial charge in [0.1, 0.15) is 23.2 Å². The minimum absolute atomic E-state index is 0.0424. The van der Waals surface area contributed by atoms with Gasteiger partial charge < -0.3 is 9.84 Å². The first-order valence-corrected chi connectivity index (χ1v) is 9.58. The predicted molar refractivity (Wildman–Crippen MR) is 93.7 cm³/mol. The first-order valence-electron chi connectivity index (χ1n) is 9.58. The van der Waals surface area contributed by atoms with E-state index in [1.54, 1.807) is 12.1 Å². The minimum atomic E-state index is -0.659. The average molecular weight is 342 g/mol. The van der Waals surface area contributed by atoms with Gasteiger partial charge in [-0.25, -0.2) is 0 Å². The summed E-state index contributed by atoms with van der Waals surface area (Å²) in [6, 6.07) is 5.22. The molecule has 1 saturated heterocycles. The number of benzene rings is 1. The Labute approximate surface area is 148 Å². The normalized spacial score (nSPS) is 28.3. The number of Topliss-reactive ketones (excluding diaryl/α,β-unsaturated/α-hetero) is 2. The van der Waals surface area contributed by atoms with Gasteiger partial charge in [0.2, 0.25) is 0 Å². The van der Waals surface area contributed by atoms with E-state index in [0.29, 0.717) is 24.7 Å². The number of ketones is 2. The number of carbonyl (C=O) groups is 2. The van der Waals surface area contributed by atoms with Gasteiger partial charge in [0.15, 0.2) is 0 Å².